The molecule has 5 heteroatoms. The zero-order chi connectivity index (χ0) is 18.7. The van der Waals surface area contributed by atoms with Crippen molar-refractivity contribution >= 4 is 23.2 Å². The predicted octanol–water partition coefficient (Wildman–Crippen LogP) is 4.42. The number of rotatable bonds is 4. The number of aryl methyl sites for hydroxylation is 2. The predicted molar refractivity (Wildman–Crippen MR) is 105 cm³/mol. The van der Waals surface area contributed by atoms with E-state index in [4.69, 9.17) is 11.6 Å². The van der Waals surface area contributed by atoms with Gasteiger partial charge in [0.15, 0.2) is 0 Å². The van der Waals surface area contributed by atoms with Crippen LogP contribution in [0.3, 0.4) is 0 Å². The van der Waals surface area contributed by atoms with Gasteiger partial charge in [0.2, 0.25) is 0 Å². The van der Waals surface area contributed by atoms with Gasteiger partial charge in [0, 0.05) is 23.0 Å². The lowest BCUT2D eigenvalue weighted by atomic mass is 10.1. The van der Waals surface area contributed by atoms with Gasteiger partial charge in [-0.25, -0.2) is 0 Å². The highest BCUT2D eigenvalue weighted by Gasteiger charge is 2.11. The maximum absolute atomic E-state index is 12.6. The average molecular weight is 367 g/mol. The smallest absolute Gasteiger partial charge is 0.257 e. The van der Waals surface area contributed by atoms with Crippen LogP contribution in [0.5, 0.6) is 0 Å². The molecule has 0 bridgehead atoms. The van der Waals surface area contributed by atoms with Crippen molar-refractivity contribution in [2.24, 2.45) is 0 Å². The number of aromatic nitrogens is 1. The summed E-state index contributed by atoms with van der Waals surface area (Å²) in [7, 11) is 0. The van der Waals surface area contributed by atoms with Crippen LogP contribution in [-0.4, -0.2) is 10.5 Å². The van der Waals surface area contributed by atoms with Crippen molar-refractivity contribution in [1.29, 1.82) is 0 Å². The van der Waals surface area contributed by atoms with Gasteiger partial charge in [0.05, 0.1) is 12.1 Å². The van der Waals surface area contributed by atoms with Gasteiger partial charge < -0.3 is 9.88 Å². The minimum Gasteiger partial charge on any atom is -0.321 e. The van der Waals surface area contributed by atoms with Crippen molar-refractivity contribution in [1.82, 2.24) is 4.57 Å². The third kappa shape index (κ3) is 4.03. The number of carbonyl (C=O) groups is 1. The molecule has 1 heterocycles. The van der Waals surface area contributed by atoms with E-state index in [0.717, 1.165) is 22.4 Å². The van der Waals surface area contributed by atoms with E-state index < -0.39 is 0 Å². The molecule has 1 amide bonds. The summed E-state index contributed by atoms with van der Waals surface area (Å²) in [6.45, 7) is 4.25. The number of anilines is 1. The summed E-state index contributed by atoms with van der Waals surface area (Å²) in [5.74, 6) is -0.248. The van der Waals surface area contributed by atoms with Gasteiger partial charge in [-0.05, 0) is 48.7 Å². The molecule has 0 fully saturated rings. The molecule has 0 spiro atoms. The van der Waals surface area contributed by atoms with Gasteiger partial charge in [0.25, 0.3) is 11.5 Å². The number of halogens is 1. The van der Waals surface area contributed by atoms with E-state index in [1.54, 1.807) is 24.4 Å². The SMILES string of the molecule is Cc1cccc(C)c1NC(=O)c1ccc(=O)n(Cc2cccc(Cl)c2)c1. The van der Waals surface area contributed by atoms with Crippen LogP contribution in [0.1, 0.15) is 27.0 Å². The highest BCUT2D eigenvalue weighted by Crippen LogP contribution is 2.20. The summed E-state index contributed by atoms with van der Waals surface area (Å²) >= 11 is 6.00. The van der Waals surface area contributed by atoms with Gasteiger partial charge in [-0.15, -0.1) is 0 Å². The van der Waals surface area contributed by atoms with Gasteiger partial charge >= 0.3 is 0 Å². The molecular formula is C21H19ClN2O2. The van der Waals surface area contributed by atoms with Crippen molar-refractivity contribution in [3.63, 3.8) is 0 Å². The van der Waals surface area contributed by atoms with Crippen LogP contribution in [0.4, 0.5) is 5.69 Å². The Morgan fingerprint density at radius 2 is 1.73 bits per heavy atom. The third-order valence-electron chi connectivity index (χ3n) is 4.21. The van der Waals surface area contributed by atoms with Crippen LogP contribution in [0.25, 0.3) is 0 Å². The van der Waals surface area contributed by atoms with E-state index in [2.05, 4.69) is 5.32 Å². The van der Waals surface area contributed by atoms with E-state index in [1.807, 2.05) is 44.2 Å². The molecule has 3 rings (SSSR count). The molecule has 3 aromatic rings. The summed E-state index contributed by atoms with van der Waals surface area (Å²) in [4.78, 5) is 24.8. The fourth-order valence-corrected chi connectivity index (χ4v) is 3.03. The summed E-state index contributed by atoms with van der Waals surface area (Å²) in [6, 6.07) is 16.1. The first-order chi connectivity index (χ1) is 12.4. The lowest BCUT2D eigenvalue weighted by molar-refractivity contribution is 0.102. The fourth-order valence-electron chi connectivity index (χ4n) is 2.82. The van der Waals surface area contributed by atoms with E-state index in [-0.39, 0.29) is 11.5 Å². The largest absolute Gasteiger partial charge is 0.321 e. The number of benzene rings is 2. The minimum atomic E-state index is -0.248. The number of nitrogens with zero attached hydrogens (tertiary/aromatic N) is 1. The molecule has 0 radical (unpaired) electrons. The van der Waals surface area contributed by atoms with Gasteiger partial charge in [-0.1, -0.05) is 41.9 Å². The molecule has 26 heavy (non-hydrogen) atoms. The summed E-state index contributed by atoms with van der Waals surface area (Å²) in [5, 5.41) is 3.55. The Morgan fingerprint density at radius 1 is 1.04 bits per heavy atom. The molecule has 0 aliphatic heterocycles. The topological polar surface area (TPSA) is 51.1 Å². The van der Waals surface area contributed by atoms with Crippen LogP contribution in [0, 0.1) is 13.8 Å². The molecule has 0 saturated carbocycles. The van der Waals surface area contributed by atoms with Crippen LogP contribution >= 0.6 is 11.6 Å². The quantitative estimate of drug-likeness (QED) is 0.743. The van der Waals surface area contributed by atoms with Crippen LogP contribution < -0.4 is 10.9 Å². The summed E-state index contributed by atoms with van der Waals surface area (Å²) < 4.78 is 1.51. The number of hydrogen-bond donors (Lipinski definition) is 1. The van der Waals surface area contributed by atoms with Crippen LogP contribution in [0.2, 0.25) is 5.02 Å². The molecule has 1 aromatic heterocycles. The number of amides is 1. The Balaban J connectivity index is 1.87. The van der Waals surface area contributed by atoms with Crippen LogP contribution in [0.15, 0.2) is 65.6 Å². The fraction of sp³-hybridized carbons (Fsp3) is 0.143. The Bertz CT molecular complexity index is 1000. The zero-order valence-electron chi connectivity index (χ0n) is 14.6. The molecule has 1 N–H and O–H groups in total. The second-order valence-electron chi connectivity index (χ2n) is 6.23. The first-order valence-electron chi connectivity index (χ1n) is 8.26. The molecule has 0 aliphatic carbocycles. The normalized spacial score (nSPS) is 10.6. The Hall–Kier alpha value is -2.85. The van der Waals surface area contributed by atoms with Crippen molar-refractivity contribution < 1.29 is 4.79 Å². The van der Waals surface area contributed by atoms with Crippen molar-refractivity contribution in [3.05, 3.63) is 98.4 Å². The van der Waals surface area contributed by atoms with E-state index in [9.17, 15) is 9.59 Å². The first-order valence-corrected chi connectivity index (χ1v) is 8.64. The highest BCUT2D eigenvalue weighted by atomic mass is 35.5. The standard InChI is InChI=1S/C21H19ClN2O2/c1-14-5-3-6-15(2)20(14)23-21(26)17-9-10-19(25)24(13-17)12-16-7-4-8-18(22)11-16/h3-11,13H,12H2,1-2H3,(H,23,26). The third-order valence-corrected chi connectivity index (χ3v) is 4.44. The number of carbonyl (C=O) groups excluding carboxylic acids is 1. The molecule has 132 valence electrons. The first kappa shape index (κ1) is 18.0. The monoisotopic (exact) mass is 366 g/mol. The molecule has 2 aromatic carbocycles. The summed E-state index contributed by atoms with van der Waals surface area (Å²) in [5.41, 5.74) is 3.93. The van der Waals surface area contributed by atoms with Gasteiger partial charge in [0.1, 0.15) is 0 Å². The summed E-state index contributed by atoms with van der Waals surface area (Å²) in [6.07, 6.45) is 1.58. The maximum Gasteiger partial charge on any atom is 0.257 e. The highest BCUT2D eigenvalue weighted by molar-refractivity contribution is 6.30. The van der Waals surface area contributed by atoms with Gasteiger partial charge in [-0.3, -0.25) is 9.59 Å². The molecule has 0 atom stereocenters. The van der Waals surface area contributed by atoms with E-state index >= 15 is 0 Å². The van der Waals surface area contributed by atoms with E-state index in [0.29, 0.717) is 17.1 Å². The zero-order valence-corrected chi connectivity index (χ0v) is 15.4. The minimum absolute atomic E-state index is 0.173. The Labute approximate surface area is 157 Å². The second kappa shape index (κ2) is 7.58. The van der Waals surface area contributed by atoms with Gasteiger partial charge in [-0.2, -0.15) is 0 Å². The lowest BCUT2D eigenvalue weighted by Gasteiger charge is -2.13. The molecular weight excluding hydrogens is 348 g/mol. The Kier molecular flexibility index (Phi) is 5.24. The average Bonchev–Trinajstić information content (AvgIpc) is 2.60. The number of para-hydroxylation sites is 1. The molecule has 0 unspecified atom stereocenters. The lowest BCUT2D eigenvalue weighted by Crippen LogP contribution is -2.23. The number of hydrogen-bond acceptors (Lipinski definition) is 2. The number of pyridine rings is 1. The van der Waals surface area contributed by atoms with Crippen molar-refractivity contribution in [2.45, 2.75) is 20.4 Å². The van der Waals surface area contributed by atoms with Crippen molar-refractivity contribution in [2.75, 3.05) is 5.32 Å². The molecule has 0 aliphatic rings. The van der Waals surface area contributed by atoms with Crippen LogP contribution in [-0.2, 0) is 6.54 Å². The molecule has 4 nitrogen and oxygen atoms in total. The maximum atomic E-state index is 12.6. The molecule has 0 saturated heterocycles. The van der Waals surface area contributed by atoms with E-state index in [1.165, 1.54) is 10.6 Å². The second-order valence-corrected chi connectivity index (χ2v) is 6.67. The van der Waals surface area contributed by atoms with Crippen molar-refractivity contribution in [3.8, 4) is 0 Å². The number of nitrogens with one attached hydrogen (secondary N) is 1. The Morgan fingerprint density at radius 3 is 2.42 bits per heavy atom.